The Morgan fingerprint density at radius 1 is 0.467 bits per heavy atom. The molecule has 6 aromatic carbocycles. The number of aldehydes is 4. The summed E-state index contributed by atoms with van der Waals surface area (Å²) in [6.45, 7) is 10.7. The minimum Gasteiger partial charge on any atom is -0.493 e. The van der Waals surface area contributed by atoms with Gasteiger partial charge in [-0.1, -0.05) is 39.5 Å². The number of ether oxygens (including phenoxy) is 2. The molecule has 0 spiro atoms. The lowest BCUT2D eigenvalue weighted by molar-refractivity contribution is 0.111. The number of sulfonamides is 2. The Balaban J connectivity index is 1.35. The van der Waals surface area contributed by atoms with Crippen LogP contribution in [0.25, 0.3) is 0 Å². The van der Waals surface area contributed by atoms with Crippen molar-refractivity contribution in [1.29, 1.82) is 0 Å². The first-order valence-electron chi connectivity index (χ1n) is 23.7. The lowest BCUT2D eigenvalue weighted by atomic mass is 9.76. The summed E-state index contributed by atoms with van der Waals surface area (Å²) in [5.41, 5.74) is 2.65. The number of benzene rings is 6. The molecule has 6 aromatic rings. The number of carbonyl (C=O) groups excluding carboxylic acids is 4. The molecule has 0 aliphatic heterocycles. The molecule has 1 aliphatic rings. The van der Waals surface area contributed by atoms with Gasteiger partial charge in [-0.25, -0.2) is 16.8 Å². The topological polar surface area (TPSA) is 198 Å². The predicted octanol–water partition coefficient (Wildman–Crippen LogP) is 12.0. The Morgan fingerprint density at radius 3 is 1.23 bits per heavy atom. The fourth-order valence-corrected chi connectivity index (χ4v) is 16.7. The first kappa shape index (κ1) is 56.2. The monoisotopic (exact) mass is 1100 g/mol. The predicted molar refractivity (Wildman–Crippen MR) is 286 cm³/mol. The largest absolute Gasteiger partial charge is 0.493 e. The maximum absolute atomic E-state index is 15.6. The van der Waals surface area contributed by atoms with Crippen molar-refractivity contribution >= 4 is 62.2 Å². The van der Waals surface area contributed by atoms with Crippen molar-refractivity contribution < 1.29 is 63.6 Å². The second-order valence-corrected chi connectivity index (χ2v) is 25.1. The molecule has 0 heterocycles. The SMILES string of the molecule is COc1cc(C=O)ccc1OP(Oc1ccc(C=O)cc1C)N(C1CCC(C(C)(C)N(P(Oc2ccc(C=O)cc2C)Oc2ccc(C=O)cc2OC)S(=O)(=O)c2ccc(C)cc2)CC1)S(=O)(=O)c1ccc(C)cc1. The molecular weight excluding hydrogens is 1040 g/mol. The maximum atomic E-state index is 15.6. The van der Waals surface area contributed by atoms with Crippen molar-refractivity contribution in [3.05, 3.63) is 166 Å². The first-order chi connectivity index (χ1) is 35.8. The van der Waals surface area contributed by atoms with Crippen LogP contribution in [-0.2, 0) is 20.0 Å². The van der Waals surface area contributed by atoms with Crippen molar-refractivity contribution in [3.63, 3.8) is 0 Å². The van der Waals surface area contributed by atoms with Gasteiger partial charge in [-0.2, -0.15) is 0 Å². The number of nitrogens with zero attached hydrogens (tertiary/aromatic N) is 2. The van der Waals surface area contributed by atoms with E-state index in [1.54, 1.807) is 88.4 Å². The Hall–Kier alpha value is -6.52. The molecule has 7 rings (SSSR count). The average Bonchev–Trinajstić information content (AvgIpc) is 3.40. The van der Waals surface area contributed by atoms with E-state index in [0.29, 0.717) is 47.4 Å². The summed E-state index contributed by atoms with van der Waals surface area (Å²) in [7, 11) is -11.7. The number of rotatable bonds is 23. The van der Waals surface area contributed by atoms with Crippen LogP contribution in [0.1, 0.15) is 103 Å². The quantitative estimate of drug-likeness (QED) is 0.0433. The van der Waals surface area contributed by atoms with Crippen molar-refractivity contribution in [3.8, 4) is 34.5 Å². The van der Waals surface area contributed by atoms with E-state index in [0.717, 1.165) is 11.1 Å². The van der Waals surface area contributed by atoms with E-state index in [4.69, 9.17) is 27.6 Å². The summed E-state index contributed by atoms with van der Waals surface area (Å²) in [5.74, 6) is 0.441. The Morgan fingerprint density at radius 2 is 0.827 bits per heavy atom. The van der Waals surface area contributed by atoms with Gasteiger partial charge in [-0.3, -0.25) is 19.2 Å². The minimum absolute atomic E-state index is 0.0325. The maximum Gasteiger partial charge on any atom is 0.400 e. The molecule has 20 heteroatoms. The highest BCUT2D eigenvalue weighted by Crippen LogP contribution is 2.58. The van der Waals surface area contributed by atoms with Gasteiger partial charge in [-0.15, -0.1) is 4.08 Å². The molecule has 394 valence electrons. The third kappa shape index (κ3) is 12.6. The molecule has 2 unspecified atom stereocenters. The molecule has 0 N–H and O–H groups in total. The van der Waals surface area contributed by atoms with Crippen LogP contribution < -0.4 is 27.6 Å². The Bertz CT molecular complexity index is 3280. The van der Waals surface area contributed by atoms with Crippen molar-refractivity contribution in [2.45, 2.75) is 88.6 Å². The number of carbonyl (C=O) groups is 4. The summed E-state index contributed by atoms with van der Waals surface area (Å²) >= 11 is 0. The van der Waals surface area contributed by atoms with E-state index >= 15 is 16.8 Å². The van der Waals surface area contributed by atoms with E-state index < -0.39 is 54.6 Å². The van der Waals surface area contributed by atoms with E-state index in [1.807, 2.05) is 13.8 Å². The van der Waals surface area contributed by atoms with E-state index in [2.05, 4.69) is 0 Å². The van der Waals surface area contributed by atoms with Crippen LogP contribution in [0.5, 0.6) is 34.5 Å². The molecule has 75 heavy (non-hydrogen) atoms. The highest BCUT2D eigenvalue weighted by Gasteiger charge is 2.53. The van der Waals surface area contributed by atoms with Crippen molar-refractivity contribution in [1.82, 2.24) is 8.15 Å². The second kappa shape index (κ2) is 24.0. The van der Waals surface area contributed by atoms with Gasteiger partial charge < -0.3 is 27.6 Å². The summed E-state index contributed by atoms with van der Waals surface area (Å²) in [4.78, 5) is 47.2. The van der Waals surface area contributed by atoms with Gasteiger partial charge >= 0.3 is 17.1 Å². The van der Waals surface area contributed by atoms with Crippen LogP contribution in [0, 0.1) is 33.6 Å². The van der Waals surface area contributed by atoms with E-state index in [-0.39, 0.29) is 81.1 Å². The summed E-state index contributed by atoms with van der Waals surface area (Å²) in [5, 5.41) is 0. The fraction of sp³-hybridized carbons (Fsp3) is 0.273. The van der Waals surface area contributed by atoms with Gasteiger partial charge in [0, 0.05) is 33.8 Å². The molecule has 0 radical (unpaired) electrons. The number of aryl methyl sites for hydroxylation is 4. The molecule has 16 nitrogen and oxygen atoms in total. The van der Waals surface area contributed by atoms with Crippen LogP contribution in [0.4, 0.5) is 0 Å². The zero-order valence-corrected chi connectivity index (χ0v) is 46.1. The van der Waals surface area contributed by atoms with Crippen LogP contribution in [0.3, 0.4) is 0 Å². The smallest absolute Gasteiger partial charge is 0.400 e. The number of hydrogen-bond donors (Lipinski definition) is 0. The van der Waals surface area contributed by atoms with Crippen LogP contribution in [0.15, 0.2) is 131 Å². The highest BCUT2D eigenvalue weighted by molar-refractivity contribution is 7.94. The standard InChI is InChI=1S/C55H58N2O14P2S2/c1-37-9-21-47(22-10-37)74(62,63)56(72(68-49-25-13-41(33-58)29-39(49)3)70-51-27-15-43(35-60)31-53(51)66-7)46-19-17-45(18-20-46)55(5,6)57(75(64,65)48-23-11-38(2)12-24-48)73(69-50-26-14-42(34-59)30-40(50)4)71-52-28-16-44(36-61)32-54(52)67-8/h9-16,21-36,45-46H,17-20H2,1-8H3. The first-order valence-corrected chi connectivity index (χ1v) is 28.8. The average molecular weight is 1100 g/mol. The molecule has 0 saturated heterocycles. The van der Waals surface area contributed by atoms with Crippen LogP contribution in [0.2, 0.25) is 0 Å². The van der Waals surface area contributed by atoms with Gasteiger partial charge in [-0.05, 0) is 181 Å². The molecule has 0 amide bonds. The fourth-order valence-electron chi connectivity index (χ4n) is 8.70. The summed E-state index contributed by atoms with van der Waals surface area (Å²) in [6.07, 6.45) is 3.55. The minimum atomic E-state index is -4.56. The molecule has 2 atom stereocenters. The summed E-state index contributed by atoms with van der Waals surface area (Å²) in [6, 6.07) is 30.3. The third-order valence-corrected chi connectivity index (χ3v) is 21.4. The normalized spacial score (nSPS) is 15.8. The zero-order valence-electron chi connectivity index (χ0n) is 42.7. The van der Waals surface area contributed by atoms with Crippen LogP contribution >= 0.6 is 17.1 Å². The number of hydrogen-bond acceptors (Lipinski definition) is 14. The van der Waals surface area contributed by atoms with Crippen molar-refractivity contribution in [2.75, 3.05) is 14.2 Å². The molecule has 1 fully saturated rings. The molecule has 1 aliphatic carbocycles. The van der Waals surface area contributed by atoms with Gasteiger partial charge in [0.1, 0.15) is 36.6 Å². The lowest BCUT2D eigenvalue weighted by Gasteiger charge is -2.47. The van der Waals surface area contributed by atoms with Crippen LogP contribution in [-0.4, -0.2) is 75.9 Å². The zero-order chi connectivity index (χ0) is 54.2. The van der Waals surface area contributed by atoms with Gasteiger partial charge in [0.15, 0.2) is 23.0 Å². The van der Waals surface area contributed by atoms with E-state index in [1.165, 1.54) is 83.0 Å². The van der Waals surface area contributed by atoms with E-state index in [9.17, 15) is 19.2 Å². The van der Waals surface area contributed by atoms with Gasteiger partial charge in [0.25, 0.3) is 20.0 Å². The molecule has 0 aromatic heterocycles. The molecule has 0 bridgehead atoms. The number of methoxy groups -OCH3 is 2. The lowest BCUT2D eigenvalue weighted by Crippen LogP contribution is -2.52. The third-order valence-electron chi connectivity index (χ3n) is 12.9. The second-order valence-electron chi connectivity index (χ2n) is 18.5. The Kier molecular flexibility index (Phi) is 18.0. The molecule has 1 saturated carbocycles. The van der Waals surface area contributed by atoms with Gasteiger partial charge in [0.2, 0.25) is 0 Å². The van der Waals surface area contributed by atoms with Gasteiger partial charge in [0.05, 0.1) is 24.0 Å². The summed E-state index contributed by atoms with van der Waals surface area (Å²) < 4.78 is 102. The Labute approximate surface area is 440 Å². The highest BCUT2D eigenvalue weighted by atomic mass is 32.2. The molecular formula is C55H58N2O14P2S2. The van der Waals surface area contributed by atoms with Crippen molar-refractivity contribution in [2.24, 2.45) is 5.92 Å².